The second-order valence-electron chi connectivity index (χ2n) is 6.98. The first kappa shape index (κ1) is 24.1. The lowest BCUT2D eigenvalue weighted by Gasteiger charge is -2.13. The highest BCUT2D eigenvalue weighted by molar-refractivity contribution is 5.95. The molecule has 0 aliphatic heterocycles. The van der Waals surface area contributed by atoms with Crippen LogP contribution in [0.2, 0.25) is 0 Å². The van der Waals surface area contributed by atoms with E-state index < -0.39 is 0 Å². The molecule has 31 heavy (non-hydrogen) atoms. The molecule has 0 spiro atoms. The van der Waals surface area contributed by atoms with E-state index in [-0.39, 0.29) is 18.4 Å². The number of anilines is 1. The molecule has 0 saturated heterocycles. The molecule has 0 bridgehead atoms. The smallest absolute Gasteiger partial charge is 0.262 e. The molecule has 0 aromatic heterocycles. The van der Waals surface area contributed by atoms with Gasteiger partial charge >= 0.3 is 0 Å². The highest BCUT2D eigenvalue weighted by atomic mass is 16.5. The Hall–Kier alpha value is -3.22. The molecule has 168 valence electrons. The Morgan fingerprint density at radius 1 is 0.903 bits per heavy atom. The molecule has 7 nitrogen and oxygen atoms in total. The molecule has 0 saturated carbocycles. The Labute approximate surface area is 184 Å². The molecule has 0 aliphatic rings. The maximum Gasteiger partial charge on any atom is 0.262 e. The first-order valence-electron chi connectivity index (χ1n) is 10.7. The van der Waals surface area contributed by atoms with Gasteiger partial charge in [-0.05, 0) is 55.8 Å². The molecular weight excluding hydrogens is 396 g/mol. The van der Waals surface area contributed by atoms with Crippen molar-refractivity contribution in [2.75, 3.05) is 32.2 Å². The molecule has 0 unspecified atom stereocenters. The Bertz CT molecular complexity index is 836. The Kier molecular flexibility index (Phi) is 10.2. The van der Waals surface area contributed by atoms with Crippen molar-refractivity contribution in [3.63, 3.8) is 0 Å². The van der Waals surface area contributed by atoms with Crippen LogP contribution >= 0.6 is 0 Å². The first-order valence-corrected chi connectivity index (χ1v) is 10.7. The molecule has 2 N–H and O–H groups in total. The van der Waals surface area contributed by atoms with Gasteiger partial charge in [-0.1, -0.05) is 26.2 Å². The summed E-state index contributed by atoms with van der Waals surface area (Å²) in [6, 6.07) is 12.0. The fourth-order valence-electron chi connectivity index (χ4n) is 2.93. The van der Waals surface area contributed by atoms with Crippen molar-refractivity contribution >= 4 is 17.5 Å². The van der Waals surface area contributed by atoms with Crippen LogP contribution in [0.5, 0.6) is 17.2 Å². The van der Waals surface area contributed by atoms with E-state index in [9.17, 15) is 9.59 Å². The van der Waals surface area contributed by atoms with Crippen molar-refractivity contribution in [2.45, 2.75) is 39.5 Å². The van der Waals surface area contributed by atoms with E-state index >= 15 is 0 Å². The number of benzene rings is 2. The molecule has 0 heterocycles. The van der Waals surface area contributed by atoms with Gasteiger partial charge in [-0.3, -0.25) is 9.59 Å². The predicted molar refractivity (Wildman–Crippen MR) is 121 cm³/mol. The maximum absolute atomic E-state index is 12.3. The number of carbonyl (C=O) groups is 2. The lowest BCUT2D eigenvalue weighted by molar-refractivity contribution is -0.118. The van der Waals surface area contributed by atoms with Crippen LogP contribution in [-0.4, -0.2) is 38.7 Å². The number of nitrogens with one attached hydrogen (secondary N) is 2. The van der Waals surface area contributed by atoms with Crippen LogP contribution in [0, 0.1) is 0 Å². The van der Waals surface area contributed by atoms with Crippen molar-refractivity contribution in [2.24, 2.45) is 0 Å². The summed E-state index contributed by atoms with van der Waals surface area (Å²) in [5.74, 6) is 1.07. The standard InChI is InChI=1S/C24H32N2O5/c1-4-6-7-8-15-25-24(28)18-9-14-21(22(16-18)29-3)31-17-23(27)26-19-10-12-20(13-11-19)30-5-2/h9-14,16H,4-8,15,17H2,1-3H3,(H,25,28)(H,26,27). The highest BCUT2D eigenvalue weighted by Gasteiger charge is 2.12. The van der Waals surface area contributed by atoms with Crippen LogP contribution in [0.1, 0.15) is 49.9 Å². The number of hydrogen-bond acceptors (Lipinski definition) is 5. The lowest BCUT2D eigenvalue weighted by atomic mass is 10.1. The topological polar surface area (TPSA) is 85.9 Å². The molecule has 0 radical (unpaired) electrons. The van der Waals surface area contributed by atoms with Crippen LogP contribution in [0.15, 0.2) is 42.5 Å². The third-order valence-corrected chi connectivity index (χ3v) is 4.55. The second kappa shape index (κ2) is 13.2. The van der Waals surface area contributed by atoms with E-state index in [1.165, 1.54) is 13.5 Å². The monoisotopic (exact) mass is 428 g/mol. The maximum atomic E-state index is 12.3. The molecule has 0 fully saturated rings. The van der Waals surface area contributed by atoms with Gasteiger partial charge in [-0.2, -0.15) is 0 Å². The van der Waals surface area contributed by atoms with Gasteiger partial charge < -0.3 is 24.8 Å². The average molecular weight is 429 g/mol. The molecule has 2 aromatic rings. The quantitative estimate of drug-likeness (QED) is 0.461. The fraction of sp³-hybridized carbons (Fsp3) is 0.417. The molecule has 7 heteroatoms. The van der Waals surface area contributed by atoms with E-state index in [4.69, 9.17) is 14.2 Å². The fourth-order valence-corrected chi connectivity index (χ4v) is 2.93. The Morgan fingerprint density at radius 3 is 2.35 bits per heavy atom. The van der Waals surface area contributed by atoms with Crippen molar-refractivity contribution in [3.8, 4) is 17.2 Å². The number of unbranched alkanes of at least 4 members (excludes halogenated alkanes) is 3. The first-order chi connectivity index (χ1) is 15.1. The molecule has 2 rings (SSSR count). The van der Waals surface area contributed by atoms with E-state index in [2.05, 4.69) is 17.6 Å². The Morgan fingerprint density at radius 2 is 1.68 bits per heavy atom. The van der Waals surface area contributed by atoms with E-state index in [0.717, 1.165) is 25.0 Å². The van der Waals surface area contributed by atoms with Gasteiger partial charge in [0.1, 0.15) is 5.75 Å². The second-order valence-corrected chi connectivity index (χ2v) is 6.98. The van der Waals surface area contributed by atoms with Gasteiger partial charge in [0.2, 0.25) is 0 Å². The number of rotatable bonds is 13. The minimum Gasteiger partial charge on any atom is -0.494 e. The summed E-state index contributed by atoms with van der Waals surface area (Å²) in [5, 5.41) is 5.67. The minimum atomic E-state index is -0.305. The summed E-state index contributed by atoms with van der Waals surface area (Å²) in [6.45, 7) is 5.10. The van der Waals surface area contributed by atoms with E-state index in [1.54, 1.807) is 42.5 Å². The number of amides is 2. The minimum absolute atomic E-state index is 0.158. The Balaban J connectivity index is 1.86. The lowest BCUT2D eigenvalue weighted by Crippen LogP contribution is -2.24. The number of ether oxygens (including phenoxy) is 3. The van der Waals surface area contributed by atoms with Crippen LogP contribution in [0.4, 0.5) is 5.69 Å². The summed E-state index contributed by atoms with van der Waals surface area (Å²) in [4.78, 5) is 24.5. The SMILES string of the molecule is CCCCCCNC(=O)c1ccc(OCC(=O)Nc2ccc(OCC)cc2)c(OC)c1. The zero-order valence-electron chi connectivity index (χ0n) is 18.5. The van der Waals surface area contributed by atoms with Crippen molar-refractivity contribution in [1.29, 1.82) is 0 Å². The highest BCUT2D eigenvalue weighted by Crippen LogP contribution is 2.28. The van der Waals surface area contributed by atoms with Crippen LogP contribution in [-0.2, 0) is 4.79 Å². The van der Waals surface area contributed by atoms with E-state index in [0.29, 0.717) is 35.9 Å². The normalized spacial score (nSPS) is 10.3. The zero-order chi connectivity index (χ0) is 22.5. The van der Waals surface area contributed by atoms with Gasteiger partial charge in [0.05, 0.1) is 13.7 Å². The molecular formula is C24H32N2O5. The van der Waals surface area contributed by atoms with Gasteiger partial charge in [0.25, 0.3) is 11.8 Å². The van der Waals surface area contributed by atoms with Crippen LogP contribution in [0.3, 0.4) is 0 Å². The van der Waals surface area contributed by atoms with E-state index in [1.807, 2.05) is 6.92 Å². The number of methoxy groups -OCH3 is 1. The van der Waals surface area contributed by atoms with Crippen LogP contribution in [0.25, 0.3) is 0 Å². The third-order valence-electron chi connectivity index (χ3n) is 4.55. The summed E-state index contributed by atoms with van der Waals surface area (Å²) in [5.41, 5.74) is 1.13. The van der Waals surface area contributed by atoms with Crippen molar-refractivity contribution in [1.82, 2.24) is 5.32 Å². The van der Waals surface area contributed by atoms with Crippen LogP contribution < -0.4 is 24.8 Å². The summed E-state index contributed by atoms with van der Waals surface area (Å²) in [6.07, 6.45) is 4.39. The van der Waals surface area contributed by atoms with Gasteiger partial charge in [-0.15, -0.1) is 0 Å². The van der Waals surface area contributed by atoms with Crippen molar-refractivity contribution in [3.05, 3.63) is 48.0 Å². The predicted octanol–water partition coefficient (Wildman–Crippen LogP) is 4.42. The zero-order valence-corrected chi connectivity index (χ0v) is 18.5. The van der Waals surface area contributed by atoms with Gasteiger partial charge in [-0.25, -0.2) is 0 Å². The average Bonchev–Trinajstić information content (AvgIpc) is 2.78. The van der Waals surface area contributed by atoms with Gasteiger partial charge in [0, 0.05) is 17.8 Å². The molecule has 0 atom stereocenters. The number of hydrogen-bond donors (Lipinski definition) is 2. The molecule has 2 amide bonds. The summed E-state index contributed by atoms with van der Waals surface area (Å²) < 4.78 is 16.3. The summed E-state index contributed by atoms with van der Waals surface area (Å²) in [7, 11) is 1.49. The van der Waals surface area contributed by atoms with Gasteiger partial charge in [0.15, 0.2) is 18.1 Å². The molecule has 0 aliphatic carbocycles. The van der Waals surface area contributed by atoms with Crippen molar-refractivity contribution < 1.29 is 23.8 Å². The largest absolute Gasteiger partial charge is 0.494 e. The summed E-state index contributed by atoms with van der Waals surface area (Å²) >= 11 is 0. The molecule has 2 aromatic carbocycles. The number of carbonyl (C=O) groups excluding carboxylic acids is 2. The third kappa shape index (κ3) is 8.20.